The number of carbonyl (C=O) groups excluding carboxylic acids is 1. The predicted octanol–water partition coefficient (Wildman–Crippen LogP) is 1.70. The third-order valence-corrected chi connectivity index (χ3v) is 2.49. The van der Waals surface area contributed by atoms with E-state index < -0.39 is 0 Å². The molecule has 0 radical (unpaired) electrons. The number of rotatable bonds is 3. The maximum atomic E-state index is 11.3. The number of nitriles is 1. The first-order chi connectivity index (χ1) is 6.24. The van der Waals surface area contributed by atoms with E-state index in [0.29, 0.717) is 17.8 Å². The smallest absolute Gasteiger partial charge is 0.261 e. The van der Waals surface area contributed by atoms with Gasteiger partial charge < -0.3 is 5.32 Å². The molecule has 1 aromatic heterocycles. The van der Waals surface area contributed by atoms with Gasteiger partial charge in [0.2, 0.25) is 0 Å². The summed E-state index contributed by atoms with van der Waals surface area (Å²) in [6, 6.07) is 5.67. The van der Waals surface area contributed by atoms with Crippen molar-refractivity contribution in [2.75, 3.05) is 6.54 Å². The molecule has 1 aromatic rings. The molecule has 1 rings (SSSR count). The Hall–Kier alpha value is -1.34. The van der Waals surface area contributed by atoms with Crippen molar-refractivity contribution in [2.45, 2.75) is 13.3 Å². The van der Waals surface area contributed by atoms with E-state index in [-0.39, 0.29) is 5.91 Å². The molecule has 0 saturated heterocycles. The van der Waals surface area contributed by atoms with Crippen LogP contribution < -0.4 is 5.32 Å². The largest absolute Gasteiger partial charge is 0.350 e. The van der Waals surface area contributed by atoms with Crippen molar-refractivity contribution in [3.05, 3.63) is 21.9 Å². The maximum absolute atomic E-state index is 11.3. The summed E-state index contributed by atoms with van der Waals surface area (Å²) >= 11 is 1.46. The van der Waals surface area contributed by atoms with E-state index in [1.54, 1.807) is 6.07 Å². The van der Waals surface area contributed by atoms with Crippen LogP contribution in [0.3, 0.4) is 0 Å². The number of nitrogens with zero attached hydrogens (tertiary/aromatic N) is 1. The molecule has 4 heteroatoms. The molecule has 0 spiro atoms. The first-order valence-corrected chi connectivity index (χ1v) is 4.77. The molecule has 0 saturated carbocycles. The molecular formula is C9H10N2OS. The minimum absolute atomic E-state index is 0.0895. The highest BCUT2D eigenvalue weighted by Gasteiger charge is 2.05. The molecule has 0 aliphatic rings. The van der Waals surface area contributed by atoms with Crippen molar-refractivity contribution in [2.24, 2.45) is 0 Å². The van der Waals surface area contributed by atoms with E-state index in [1.807, 2.05) is 19.1 Å². The third-order valence-electron chi connectivity index (χ3n) is 1.49. The molecule has 0 aliphatic heterocycles. The Kier molecular flexibility index (Phi) is 3.47. The Morgan fingerprint density at radius 2 is 2.46 bits per heavy atom. The van der Waals surface area contributed by atoms with Crippen molar-refractivity contribution < 1.29 is 4.79 Å². The molecule has 3 nitrogen and oxygen atoms in total. The second kappa shape index (κ2) is 4.63. The van der Waals surface area contributed by atoms with Gasteiger partial charge in [-0.15, -0.1) is 11.3 Å². The molecule has 0 fully saturated rings. The van der Waals surface area contributed by atoms with Gasteiger partial charge in [-0.1, -0.05) is 0 Å². The lowest BCUT2D eigenvalue weighted by atomic mass is 10.4. The number of carbonyl (C=O) groups is 1. The van der Waals surface area contributed by atoms with Crippen molar-refractivity contribution in [1.29, 1.82) is 5.26 Å². The summed E-state index contributed by atoms with van der Waals surface area (Å²) in [6.45, 7) is 2.38. The minimum Gasteiger partial charge on any atom is -0.350 e. The maximum Gasteiger partial charge on any atom is 0.261 e. The van der Waals surface area contributed by atoms with E-state index in [0.717, 1.165) is 4.88 Å². The average molecular weight is 194 g/mol. The SMILES string of the molecule is Cc1ccc(C(=O)NCCC#N)s1. The van der Waals surface area contributed by atoms with Crippen LogP contribution in [-0.4, -0.2) is 12.5 Å². The van der Waals surface area contributed by atoms with Crippen LogP contribution in [0.5, 0.6) is 0 Å². The number of nitrogens with one attached hydrogen (secondary N) is 1. The molecule has 0 aliphatic carbocycles. The van der Waals surface area contributed by atoms with Crippen LogP contribution in [-0.2, 0) is 0 Å². The number of hydrogen-bond acceptors (Lipinski definition) is 3. The fourth-order valence-electron chi connectivity index (χ4n) is 0.876. The number of amides is 1. The quantitative estimate of drug-likeness (QED) is 0.744. The van der Waals surface area contributed by atoms with Gasteiger partial charge in [-0.05, 0) is 19.1 Å². The second-order valence-corrected chi connectivity index (χ2v) is 3.86. The highest BCUT2D eigenvalue weighted by molar-refractivity contribution is 7.13. The zero-order valence-corrected chi connectivity index (χ0v) is 8.15. The van der Waals surface area contributed by atoms with Crippen LogP contribution in [0.4, 0.5) is 0 Å². The molecule has 0 aromatic carbocycles. The highest BCUT2D eigenvalue weighted by atomic mass is 32.1. The fourth-order valence-corrected chi connectivity index (χ4v) is 1.66. The Bertz CT molecular complexity index is 338. The highest BCUT2D eigenvalue weighted by Crippen LogP contribution is 2.14. The van der Waals surface area contributed by atoms with Gasteiger partial charge in [0, 0.05) is 11.4 Å². The summed E-state index contributed by atoms with van der Waals surface area (Å²) in [5.41, 5.74) is 0. The summed E-state index contributed by atoms with van der Waals surface area (Å²) in [7, 11) is 0. The van der Waals surface area contributed by atoms with Crippen LogP contribution in [0.2, 0.25) is 0 Å². The molecule has 1 amide bonds. The lowest BCUT2D eigenvalue weighted by Gasteiger charge is -1.98. The van der Waals surface area contributed by atoms with Gasteiger partial charge in [-0.2, -0.15) is 5.26 Å². The summed E-state index contributed by atoms with van der Waals surface area (Å²) in [4.78, 5) is 13.1. The molecular weight excluding hydrogens is 184 g/mol. The van der Waals surface area contributed by atoms with Gasteiger partial charge in [0.05, 0.1) is 17.4 Å². The lowest BCUT2D eigenvalue weighted by Crippen LogP contribution is -2.23. The number of thiophene rings is 1. The van der Waals surface area contributed by atoms with Crippen molar-refractivity contribution in [1.82, 2.24) is 5.32 Å². The number of aryl methyl sites for hydroxylation is 1. The Morgan fingerprint density at radius 3 is 3.00 bits per heavy atom. The molecule has 13 heavy (non-hydrogen) atoms. The zero-order chi connectivity index (χ0) is 9.68. The van der Waals surface area contributed by atoms with Crippen LogP contribution in [0.25, 0.3) is 0 Å². The second-order valence-electron chi connectivity index (χ2n) is 2.57. The zero-order valence-electron chi connectivity index (χ0n) is 7.33. The number of hydrogen-bond donors (Lipinski definition) is 1. The van der Waals surface area contributed by atoms with E-state index in [4.69, 9.17) is 5.26 Å². The Morgan fingerprint density at radius 1 is 1.69 bits per heavy atom. The van der Waals surface area contributed by atoms with Crippen LogP contribution >= 0.6 is 11.3 Å². The van der Waals surface area contributed by atoms with Crippen molar-refractivity contribution in [3.8, 4) is 6.07 Å². The van der Waals surface area contributed by atoms with Gasteiger partial charge in [0.1, 0.15) is 0 Å². The summed E-state index contributed by atoms with van der Waals surface area (Å²) in [5.74, 6) is -0.0895. The average Bonchev–Trinajstić information content (AvgIpc) is 2.52. The van der Waals surface area contributed by atoms with E-state index in [9.17, 15) is 4.79 Å². The molecule has 68 valence electrons. The summed E-state index contributed by atoms with van der Waals surface area (Å²) < 4.78 is 0. The Labute approximate surface area is 81.0 Å². The van der Waals surface area contributed by atoms with E-state index in [1.165, 1.54) is 11.3 Å². The molecule has 1 heterocycles. The monoisotopic (exact) mass is 194 g/mol. The standard InChI is InChI=1S/C9H10N2OS/c1-7-3-4-8(13-7)9(12)11-6-2-5-10/h3-4H,2,6H2,1H3,(H,11,12). The van der Waals surface area contributed by atoms with Crippen molar-refractivity contribution >= 4 is 17.2 Å². The Balaban J connectivity index is 2.45. The van der Waals surface area contributed by atoms with Gasteiger partial charge in [-0.25, -0.2) is 0 Å². The van der Waals surface area contributed by atoms with Crippen LogP contribution in [0, 0.1) is 18.3 Å². The van der Waals surface area contributed by atoms with Gasteiger partial charge in [-0.3, -0.25) is 4.79 Å². The molecule has 1 N–H and O–H groups in total. The minimum atomic E-state index is -0.0895. The molecule has 0 atom stereocenters. The van der Waals surface area contributed by atoms with Gasteiger partial charge in [0.15, 0.2) is 0 Å². The fraction of sp³-hybridized carbons (Fsp3) is 0.333. The third kappa shape index (κ3) is 2.88. The first kappa shape index (κ1) is 9.75. The normalized spacial score (nSPS) is 9.23. The van der Waals surface area contributed by atoms with E-state index >= 15 is 0 Å². The van der Waals surface area contributed by atoms with Gasteiger partial charge in [0.25, 0.3) is 5.91 Å². The van der Waals surface area contributed by atoms with Crippen LogP contribution in [0.1, 0.15) is 21.0 Å². The first-order valence-electron chi connectivity index (χ1n) is 3.95. The van der Waals surface area contributed by atoms with Crippen LogP contribution in [0.15, 0.2) is 12.1 Å². The lowest BCUT2D eigenvalue weighted by molar-refractivity contribution is 0.0958. The summed E-state index contributed by atoms with van der Waals surface area (Å²) in [5, 5.41) is 10.9. The topological polar surface area (TPSA) is 52.9 Å². The molecule has 0 bridgehead atoms. The molecule has 0 unspecified atom stereocenters. The summed E-state index contributed by atoms with van der Waals surface area (Å²) in [6.07, 6.45) is 0.357. The van der Waals surface area contributed by atoms with Gasteiger partial charge >= 0.3 is 0 Å². The van der Waals surface area contributed by atoms with Crippen molar-refractivity contribution in [3.63, 3.8) is 0 Å². The van der Waals surface area contributed by atoms with E-state index in [2.05, 4.69) is 5.32 Å². The predicted molar refractivity (Wildman–Crippen MR) is 51.6 cm³/mol.